The fourth-order valence-electron chi connectivity index (χ4n) is 0.853. The highest BCUT2D eigenvalue weighted by Gasteiger charge is 2.11. The standard InChI is InChI=1S/C7H6Cl2N2O/c8-3-1-4(9)6(7(11)12)5(10)2-3/h1-2H,10H2,(H2,11,12). The first-order valence-corrected chi connectivity index (χ1v) is 3.82. The third-order valence-corrected chi connectivity index (χ3v) is 1.85. The minimum Gasteiger partial charge on any atom is -0.398 e. The number of nitrogens with two attached hydrogens (primary N) is 2. The summed E-state index contributed by atoms with van der Waals surface area (Å²) in [6.07, 6.45) is 0. The van der Waals surface area contributed by atoms with Crippen LogP contribution in [0.1, 0.15) is 10.4 Å². The van der Waals surface area contributed by atoms with Crippen LogP contribution < -0.4 is 11.5 Å². The molecule has 0 aromatic heterocycles. The maximum absolute atomic E-state index is 10.8. The van der Waals surface area contributed by atoms with Crippen molar-refractivity contribution in [2.45, 2.75) is 0 Å². The van der Waals surface area contributed by atoms with Gasteiger partial charge < -0.3 is 11.5 Å². The molecule has 12 heavy (non-hydrogen) atoms. The van der Waals surface area contributed by atoms with Crippen molar-refractivity contribution in [1.29, 1.82) is 0 Å². The van der Waals surface area contributed by atoms with Crippen LogP contribution in [-0.4, -0.2) is 5.91 Å². The monoisotopic (exact) mass is 204 g/mol. The average Bonchev–Trinajstić information content (AvgIpc) is 1.82. The molecule has 0 aliphatic carbocycles. The molecule has 1 rings (SSSR count). The molecule has 0 bridgehead atoms. The first-order valence-electron chi connectivity index (χ1n) is 3.06. The van der Waals surface area contributed by atoms with E-state index in [1.807, 2.05) is 0 Å². The number of benzene rings is 1. The molecule has 3 nitrogen and oxygen atoms in total. The van der Waals surface area contributed by atoms with Crippen molar-refractivity contribution in [3.63, 3.8) is 0 Å². The summed E-state index contributed by atoms with van der Waals surface area (Å²) in [7, 11) is 0. The van der Waals surface area contributed by atoms with Gasteiger partial charge in [0, 0.05) is 10.7 Å². The van der Waals surface area contributed by atoms with Crippen molar-refractivity contribution in [3.8, 4) is 0 Å². The van der Waals surface area contributed by atoms with Gasteiger partial charge in [0.05, 0.1) is 10.6 Å². The molecule has 64 valence electrons. The second-order valence-electron chi connectivity index (χ2n) is 2.22. The number of hydrogen-bond acceptors (Lipinski definition) is 2. The van der Waals surface area contributed by atoms with Crippen LogP contribution in [0.25, 0.3) is 0 Å². The lowest BCUT2D eigenvalue weighted by molar-refractivity contribution is 0.100. The summed E-state index contributed by atoms with van der Waals surface area (Å²) >= 11 is 11.3. The van der Waals surface area contributed by atoms with Gasteiger partial charge in [-0.15, -0.1) is 0 Å². The highest BCUT2D eigenvalue weighted by atomic mass is 35.5. The molecule has 0 spiro atoms. The maximum atomic E-state index is 10.8. The Morgan fingerprint density at radius 1 is 1.33 bits per heavy atom. The van der Waals surface area contributed by atoms with Crippen LogP contribution in [0.15, 0.2) is 12.1 Å². The topological polar surface area (TPSA) is 69.1 Å². The molecule has 4 N–H and O–H groups in total. The van der Waals surface area contributed by atoms with Crippen molar-refractivity contribution in [2.75, 3.05) is 5.73 Å². The van der Waals surface area contributed by atoms with Gasteiger partial charge in [0.1, 0.15) is 0 Å². The van der Waals surface area contributed by atoms with Gasteiger partial charge >= 0.3 is 0 Å². The first-order chi connectivity index (χ1) is 5.52. The van der Waals surface area contributed by atoms with Crippen molar-refractivity contribution >= 4 is 34.8 Å². The fourth-order valence-corrected chi connectivity index (χ4v) is 1.46. The number of carbonyl (C=O) groups is 1. The number of amides is 1. The average molecular weight is 205 g/mol. The Kier molecular flexibility index (Phi) is 2.45. The lowest BCUT2D eigenvalue weighted by atomic mass is 10.2. The van der Waals surface area contributed by atoms with Gasteiger partial charge in [-0.1, -0.05) is 23.2 Å². The SMILES string of the molecule is NC(=O)c1c(N)cc(Cl)cc1Cl. The Labute approximate surface area is 79.2 Å². The van der Waals surface area contributed by atoms with Crippen LogP contribution in [0.3, 0.4) is 0 Å². The molecule has 1 aromatic carbocycles. The zero-order chi connectivity index (χ0) is 9.30. The highest BCUT2D eigenvalue weighted by Crippen LogP contribution is 2.26. The second kappa shape index (κ2) is 3.21. The molecule has 0 radical (unpaired) electrons. The predicted octanol–water partition coefficient (Wildman–Crippen LogP) is 1.67. The molecule has 0 saturated heterocycles. The molecule has 5 heteroatoms. The number of anilines is 1. The normalized spacial score (nSPS) is 9.83. The summed E-state index contributed by atoms with van der Waals surface area (Å²) in [5.41, 5.74) is 10.8. The van der Waals surface area contributed by atoms with Crippen LogP contribution in [-0.2, 0) is 0 Å². The molecule has 0 unspecified atom stereocenters. The summed E-state index contributed by atoms with van der Waals surface area (Å²) in [4.78, 5) is 10.8. The number of primary amides is 1. The summed E-state index contributed by atoms with van der Waals surface area (Å²) in [5, 5.41) is 0.551. The lowest BCUT2D eigenvalue weighted by Crippen LogP contribution is -2.14. The summed E-state index contributed by atoms with van der Waals surface area (Å²) < 4.78 is 0. The van der Waals surface area contributed by atoms with Crippen LogP contribution in [0.4, 0.5) is 5.69 Å². The number of rotatable bonds is 1. The Balaban J connectivity index is 3.38. The largest absolute Gasteiger partial charge is 0.398 e. The van der Waals surface area contributed by atoms with E-state index in [2.05, 4.69) is 0 Å². The lowest BCUT2D eigenvalue weighted by Gasteiger charge is -2.03. The van der Waals surface area contributed by atoms with E-state index in [9.17, 15) is 4.79 Å². The molecule has 0 saturated carbocycles. The van der Waals surface area contributed by atoms with Crippen molar-refractivity contribution in [2.24, 2.45) is 5.73 Å². The number of nitrogen functional groups attached to an aromatic ring is 1. The molecule has 0 atom stereocenters. The maximum Gasteiger partial charge on any atom is 0.252 e. The molecule has 0 fully saturated rings. The molecule has 0 heterocycles. The quantitative estimate of drug-likeness (QED) is 0.684. The third-order valence-electron chi connectivity index (χ3n) is 1.33. The molecule has 0 aliphatic rings. The number of halogens is 2. The Morgan fingerprint density at radius 3 is 2.33 bits per heavy atom. The minimum atomic E-state index is -0.658. The van der Waals surface area contributed by atoms with E-state index in [1.165, 1.54) is 12.1 Å². The predicted molar refractivity (Wildman–Crippen MR) is 49.4 cm³/mol. The number of hydrogen-bond donors (Lipinski definition) is 2. The minimum absolute atomic E-state index is 0.112. The van der Waals surface area contributed by atoms with Gasteiger partial charge in [0.15, 0.2) is 0 Å². The van der Waals surface area contributed by atoms with E-state index in [1.54, 1.807) is 0 Å². The first kappa shape index (κ1) is 9.16. The zero-order valence-corrected chi connectivity index (χ0v) is 7.49. The Bertz CT molecular complexity index is 315. The van der Waals surface area contributed by atoms with Crippen molar-refractivity contribution < 1.29 is 4.79 Å². The molecular weight excluding hydrogens is 199 g/mol. The van der Waals surface area contributed by atoms with Gasteiger partial charge in [0.2, 0.25) is 0 Å². The van der Waals surface area contributed by atoms with Gasteiger partial charge in [0.25, 0.3) is 5.91 Å². The van der Waals surface area contributed by atoms with E-state index < -0.39 is 5.91 Å². The number of carbonyl (C=O) groups excluding carboxylic acids is 1. The molecule has 0 aliphatic heterocycles. The molecule has 1 aromatic rings. The van der Waals surface area contributed by atoms with Gasteiger partial charge in [-0.2, -0.15) is 0 Å². The summed E-state index contributed by atoms with van der Waals surface area (Å²) in [5.74, 6) is -0.658. The molecule has 1 amide bonds. The van der Waals surface area contributed by atoms with Crippen molar-refractivity contribution in [3.05, 3.63) is 27.7 Å². The van der Waals surface area contributed by atoms with Crippen LogP contribution >= 0.6 is 23.2 Å². The van der Waals surface area contributed by atoms with E-state index in [4.69, 9.17) is 34.7 Å². The van der Waals surface area contributed by atoms with Crippen LogP contribution in [0.5, 0.6) is 0 Å². The van der Waals surface area contributed by atoms with Gasteiger partial charge in [-0.3, -0.25) is 4.79 Å². The van der Waals surface area contributed by atoms with E-state index in [-0.39, 0.29) is 16.3 Å². The third kappa shape index (κ3) is 1.62. The smallest absolute Gasteiger partial charge is 0.252 e. The van der Waals surface area contributed by atoms with E-state index in [0.29, 0.717) is 5.02 Å². The van der Waals surface area contributed by atoms with Crippen LogP contribution in [0.2, 0.25) is 10.0 Å². The van der Waals surface area contributed by atoms with E-state index in [0.717, 1.165) is 0 Å². The fraction of sp³-hybridized carbons (Fsp3) is 0. The Hall–Kier alpha value is -0.930. The van der Waals surface area contributed by atoms with Gasteiger partial charge in [-0.25, -0.2) is 0 Å². The zero-order valence-electron chi connectivity index (χ0n) is 5.97. The summed E-state index contributed by atoms with van der Waals surface area (Å²) in [6, 6.07) is 2.84. The summed E-state index contributed by atoms with van der Waals surface area (Å²) in [6.45, 7) is 0. The second-order valence-corrected chi connectivity index (χ2v) is 3.06. The van der Waals surface area contributed by atoms with Crippen LogP contribution in [0, 0.1) is 0 Å². The van der Waals surface area contributed by atoms with Crippen molar-refractivity contribution in [1.82, 2.24) is 0 Å². The molecular formula is C7H6Cl2N2O. The van der Waals surface area contributed by atoms with E-state index >= 15 is 0 Å². The van der Waals surface area contributed by atoms with Gasteiger partial charge in [-0.05, 0) is 12.1 Å². The Morgan fingerprint density at radius 2 is 1.92 bits per heavy atom. The highest BCUT2D eigenvalue weighted by molar-refractivity contribution is 6.37.